The molecule has 9 heteroatoms. The SMILES string of the molecule is CC1(C)SC(=S)N(/N=C/c2c[nH]c3ccccc23)C1N(O)C(=O)Nc1ccccc1. The van der Waals surface area contributed by atoms with E-state index in [2.05, 4.69) is 15.4 Å². The summed E-state index contributed by atoms with van der Waals surface area (Å²) in [4.78, 5) is 15.9. The van der Waals surface area contributed by atoms with E-state index in [1.807, 2.05) is 50.4 Å². The fourth-order valence-corrected chi connectivity index (χ4v) is 5.15. The average Bonchev–Trinajstić information content (AvgIpc) is 3.23. The molecule has 1 atom stereocenters. The first-order valence-electron chi connectivity index (χ1n) is 9.33. The average molecular weight is 440 g/mol. The first-order valence-corrected chi connectivity index (χ1v) is 10.6. The summed E-state index contributed by atoms with van der Waals surface area (Å²) in [5.74, 6) is 0. The molecule has 4 rings (SSSR count). The van der Waals surface area contributed by atoms with Gasteiger partial charge in [0, 0.05) is 28.4 Å². The van der Waals surface area contributed by atoms with E-state index in [4.69, 9.17) is 12.2 Å². The second-order valence-corrected chi connectivity index (χ2v) is 9.65. The zero-order valence-electron chi connectivity index (χ0n) is 16.4. The topological polar surface area (TPSA) is 84.0 Å². The molecule has 3 N–H and O–H groups in total. The zero-order valence-corrected chi connectivity index (χ0v) is 18.1. The maximum absolute atomic E-state index is 12.7. The molecule has 30 heavy (non-hydrogen) atoms. The molecule has 0 spiro atoms. The third-order valence-corrected chi connectivity index (χ3v) is 6.33. The van der Waals surface area contributed by atoms with Crippen LogP contribution in [0.3, 0.4) is 0 Å². The predicted molar refractivity (Wildman–Crippen MR) is 125 cm³/mol. The minimum absolute atomic E-state index is 0.479. The summed E-state index contributed by atoms with van der Waals surface area (Å²) in [7, 11) is 0. The highest BCUT2D eigenvalue weighted by atomic mass is 32.2. The zero-order chi connectivity index (χ0) is 21.3. The van der Waals surface area contributed by atoms with Crippen LogP contribution in [0.4, 0.5) is 10.5 Å². The lowest BCUT2D eigenvalue weighted by molar-refractivity contribution is -0.114. The molecule has 1 aliphatic rings. The number of hydrazone groups is 1. The molecule has 0 radical (unpaired) electrons. The highest BCUT2D eigenvalue weighted by molar-refractivity contribution is 8.24. The van der Waals surface area contributed by atoms with E-state index in [9.17, 15) is 10.0 Å². The number of para-hydroxylation sites is 2. The van der Waals surface area contributed by atoms with E-state index in [-0.39, 0.29) is 0 Å². The minimum Gasteiger partial charge on any atom is -0.361 e. The van der Waals surface area contributed by atoms with Gasteiger partial charge in [0.05, 0.1) is 11.0 Å². The van der Waals surface area contributed by atoms with Gasteiger partial charge in [-0.15, -0.1) is 0 Å². The Morgan fingerprint density at radius 1 is 1.27 bits per heavy atom. The van der Waals surface area contributed by atoms with Crippen LogP contribution < -0.4 is 5.32 Å². The highest BCUT2D eigenvalue weighted by Gasteiger charge is 2.50. The van der Waals surface area contributed by atoms with E-state index >= 15 is 0 Å². The lowest BCUT2D eigenvalue weighted by atomic mass is 10.1. The number of rotatable bonds is 4. The Balaban J connectivity index is 1.59. The summed E-state index contributed by atoms with van der Waals surface area (Å²) in [6.45, 7) is 3.82. The van der Waals surface area contributed by atoms with Gasteiger partial charge in [-0.1, -0.05) is 60.4 Å². The Bertz CT molecular complexity index is 1110. The summed E-state index contributed by atoms with van der Waals surface area (Å²) in [6.07, 6.45) is 2.77. The smallest absolute Gasteiger partial charge is 0.347 e. The van der Waals surface area contributed by atoms with E-state index in [0.29, 0.717) is 15.1 Å². The van der Waals surface area contributed by atoms with E-state index in [1.54, 1.807) is 30.5 Å². The lowest BCUT2D eigenvalue weighted by Crippen LogP contribution is -2.54. The number of nitrogens with one attached hydrogen (secondary N) is 2. The molecular weight excluding hydrogens is 418 g/mol. The second kappa shape index (κ2) is 8.10. The molecule has 0 aliphatic carbocycles. The third kappa shape index (κ3) is 3.91. The van der Waals surface area contributed by atoms with Crippen LogP contribution in [0.2, 0.25) is 0 Å². The number of urea groups is 1. The molecular formula is C21H21N5O2S2. The number of anilines is 1. The van der Waals surface area contributed by atoms with Gasteiger partial charge in [-0.25, -0.2) is 9.80 Å². The summed E-state index contributed by atoms with van der Waals surface area (Å²) in [5.41, 5.74) is 2.47. The van der Waals surface area contributed by atoms with Crippen molar-refractivity contribution in [3.63, 3.8) is 0 Å². The molecule has 1 fully saturated rings. The fourth-order valence-electron chi connectivity index (χ4n) is 3.37. The van der Waals surface area contributed by atoms with Crippen LogP contribution in [-0.2, 0) is 0 Å². The number of hydrogen-bond donors (Lipinski definition) is 3. The molecule has 0 saturated carbocycles. The quantitative estimate of drug-likeness (QED) is 0.234. The van der Waals surface area contributed by atoms with Crippen LogP contribution in [-0.4, -0.2) is 47.7 Å². The summed E-state index contributed by atoms with van der Waals surface area (Å²) < 4.78 is -0.0927. The van der Waals surface area contributed by atoms with Gasteiger partial charge in [0.1, 0.15) is 0 Å². The highest BCUT2D eigenvalue weighted by Crippen LogP contribution is 2.42. The van der Waals surface area contributed by atoms with Crippen molar-refractivity contribution < 1.29 is 10.0 Å². The number of carbonyl (C=O) groups excluding carboxylic acids is 1. The van der Waals surface area contributed by atoms with Crippen molar-refractivity contribution in [2.75, 3.05) is 5.32 Å². The Kier molecular flexibility index (Phi) is 5.50. The number of fused-ring (bicyclic) bond motifs is 1. The molecule has 7 nitrogen and oxygen atoms in total. The monoisotopic (exact) mass is 439 g/mol. The van der Waals surface area contributed by atoms with E-state index < -0.39 is 16.9 Å². The first-order chi connectivity index (χ1) is 14.4. The van der Waals surface area contributed by atoms with Crippen LogP contribution in [0.1, 0.15) is 19.4 Å². The fraction of sp³-hybridized carbons (Fsp3) is 0.190. The number of H-pyrrole nitrogens is 1. The van der Waals surface area contributed by atoms with E-state index in [1.165, 1.54) is 16.8 Å². The van der Waals surface area contributed by atoms with Crippen LogP contribution >= 0.6 is 24.0 Å². The Morgan fingerprint density at radius 3 is 2.73 bits per heavy atom. The number of hydrogen-bond acceptors (Lipinski definition) is 5. The molecule has 154 valence electrons. The van der Waals surface area contributed by atoms with Crippen LogP contribution in [0.5, 0.6) is 0 Å². The van der Waals surface area contributed by atoms with Gasteiger partial charge in [-0.05, 0) is 32.0 Å². The van der Waals surface area contributed by atoms with Gasteiger partial charge in [-0.3, -0.25) is 5.21 Å². The number of thiocarbonyl (C=S) groups is 1. The molecule has 1 aliphatic heterocycles. The number of nitrogens with zero attached hydrogens (tertiary/aromatic N) is 3. The van der Waals surface area contributed by atoms with Crippen molar-refractivity contribution in [3.8, 4) is 0 Å². The summed E-state index contributed by atoms with van der Waals surface area (Å²) in [6, 6.07) is 16.2. The lowest BCUT2D eigenvalue weighted by Gasteiger charge is -2.34. The van der Waals surface area contributed by atoms with Gasteiger partial charge < -0.3 is 10.3 Å². The van der Waals surface area contributed by atoms with Crippen molar-refractivity contribution in [3.05, 3.63) is 66.4 Å². The predicted octanol–water partition coefficient (Wildman–Crippen LogP) is 4.86. The molecule has 1 aromatic heterocycles. The molecule has 2 aromatic carbocycles. The number of amides is 2. The number of aromatic nitrogens is 1. The number of aromatic amines is 1. The normalized spacial score (nSPS) is 18.3. The summed E-state index contributed by atoms with van der Waals surface area (Å²) in [5, 5.41) is 21.2. The van der Waals surface area contributed by atoms with Gasteiger partial charge in [0.2, 0.25) is 0 Å². The van der Waals surface area contributed by atoms with Gasteiger partial charge >= 0.3 is 6.03 Å². The van der Waals surface area contributed by atoms with Gasteiger partial charge in [0.25, 0.3) is 0 Å². The molecule has 0 bridgehead atoms. The number of hydroxylamine groups is 2. The van der Waals surface area contributed by atoms with Crippen molar-refractivity contribution in [1.82, 2.24) is 15.1 Å². The largest absolute Gasteiger partial charge is 0.361 e. The van der Waals surface area contributed by atoms with Crippen LogP contribution in [0.15, 0.2) is 65.9 Å². The maximum Gasteiger partial charge on any atom is 0.347 e. The third-order valence-electron chi connectivity index (χ3n) is 4.80. The maximum atomic E-state index is 12.7. The van der Waals surface area contributed by atoms with Crippen molar-refractivity contribution in [1.29, 1.82) is 0 Å². The minimum atomic E-state index is -0.778. The Hall–Kier alpha value is -2.88. The van der Waals surface area contributed by atoms with Crippen molar-refractivity contribution in [2.24, 2.45) is 5.10 Å². The number of carbonyl (C=O) groups is 1. The Morgan fingerprint density at radius 2 is 1.97 bits per heavy atom. The molecule has 1 unspecified atom stereocenters. The first kappa shape index (κ1) is 20.4. The Labute approximate surface area is 183 Å². The van der Waals surface area contributed by atoms with E-state index in [0.717, 1.165) is 16.5 Å². The van der Waals surface area contributed by atoms with Gasteiger partial charge in [-0.2, -0.15) is 10.2 Å². The molecule has 1 saturated heterocycles. The molecule has 3 aromatic rings. The molecule has 2 heterocycles. The standard InChI is InChI=1S/C21H21N5O2S2/c1-21(2)18(26(28)19(27)24-15-8-4-3-5-9-15)25(20(29)30-21)23-13-14-12-22-17-11-7-6-10-16(14)17/h3-13,18,22,28H,1-2H3,(H,24,27)/b23-13+. The second-order valence-electron chi connectivity index (χ2n) is 7.36. The van der Waals surface area contributed by atoms with Crippen molar-refractivity contribution >= 4 is 57.1 Å². The van der Waals surface area contributed by atoms with Gasteiger partial charge in [0.15, 0.2) is 10.5 Å². The molecule has 2 amide bonds. The summed E-state index contributed by atoms with van der Waals surface area (Å²) >= 11 is 6.88. The number of thioether (sulfide) groups is 1. The van der Waals surface area contributed by atoms with Crippen molar-refractivity contribution in [2.45, 2.75) is 24.8 Å². The number of benzene rings is 2. The van der Waals surface area contributed by atoms with Crippen LogP contribution in [0.25, 0.3) is 10.9 Å². The van der Waals surface area contributed by atoms with Crippen LogP contribution in [0, 0.1) is 0 Å².